The lowest BCUT2D eigenvalue weighted by Gasteiger charge is -2.46. The molecule has 35 heavy (non-hydrogen) atoms. The Morgan fingerprint density at radius 1 is 1.26 bits per heavy atom. The van der Waals surface area contributed by atoms with Crippen molar-refractivity contribution in [3.8, 4) is 5.75 Å². The number of rotatable bonds is 6. The van der Waals surface area contributed by atoms with Crippen LogP contribution in [0, 0.1) is 0 Å². The van der Waals surface area contributed by atoms with Gasteiger partial charge in [-0.05, 0) is 42.7 Å². The highest BCUT2D eigenvalue weighted by Crippen LogP contribution is 2.40. The van der Waals surface area contributed by atoms with Gasteiger partial charge in [-0.15, -0.1) is 12.4 Å². The van der Waals surface area contributed by atoms with Crippen LogP contribution in [0.5, 0.6) is 5.75 Å². The maximum atomic E-state index is 13.0. The van der Waals surface area contributed by atoms with Crippen LogP contribution in [0.25, 0.3) is 0 Å². The lowest BCUT2D eigenvalue weighted by atomic mass is 9.79. The van der Waals surface area contributed by atoms with Gasteiger partial charge >= 0.3 is 6.18 Å². The summed E-state index contributed by atoms with van der Waals surface area (Å²) in [6.07, 6.45) is -3.61. The van der Waals surface area contributed by atoms with E-state index in [2.05, 4.69) is 0 Å². The number of alkyl halides is 3. The van der Waals surface area contributed by atoms with Crippen molar-refractivity contribution in [1.82, 2.24) is 4.90 Å². The highest BCUT2D eigenvalue weighted by molar-refractivity contribution is 6.31. The summed E-state index contributed by atoms with van der Waals surface area (Å²) in [5, 5.41) is 0.643. The zero-order valence-corrected chi connectivity index (χ0v) is 20.8. The number of halogens is 5. The van der Waals surface area contributed by atoms with Gasteiger partial charge in [0.15, 0.2) is 0 Å². The summed E-state index contributed by atoms with van der Waals surface area (Å²) >= 11 is 6.39. The lowest BCUT2D eigenvalue weighted by Crippen LogP contribution is -2.61. The highest BCUT2D eigenvalue weighted by Gasteiger charge is 2.50. The van der Waals surface area contributed by atoms with Gasteiger partial charge in [0, 0.05) is 37.1 Å². The Bertz CT molecular complexity index is 1040. The Labute approximate surface area is 214 Å². The summed E-state index contributed by atoms with van der Waals surface area (Å²) in [5.74, 6) is -0.314. The molecule has 0 aliphatic carbocycles. The lowest BCUT2D eigenvalue weighted by molar-refractivity contribution is -0.142. The van der Waals surface area contributed by atoms with E-state index in [1.54, 1.807) is 0 Å². The summed E-state index contributed by atoms with van der Waals surface area (Å²) in [6.45, 7) is 3.34. The quantitative estimate of drug-likeness (QED) is 0.537. The van der Waals surface area contributed by atoms with Crippen molar-refractivity contribution in [2.45, 2.75) is 56.0 Å². The first-order valence-electron chi connectivity index (χ1n) is 11.3. The van der Waals surface area contributed by atoms with Gasteiger partial charge in [-0.25, -0.2) is 0 Å². The first-order chi connectivity index (χ1) is 16.1. The predicted molar refractivity (Wildman–Crippen MR) is 130 cm³/mol. The molecule has 2 N–H and O–H groups in total. The zero-order valence-electron chi connectivity index (χ0n) is 19.3. The number of primary amides is 1. The van der Waals surface area contributed by atoms with Gasteiger partial charge in [0.05, 0.1) is 11.7 Å². The van der Waals surface area contributed by atoms with Gasteiger partial charge in [0.2, 0.25) is 5.91 Å². The minimum Gasteiger partial charge on any atom is -0.489 e. The van der Waals surface area contributed by atoms with E-state index in [1.807, 2.05) is 36.1 Å². The molecule has 2 fully saturated rings. The van der Waals surface area contributed by atoms with E-state index in [-0.39, 0.29) is 36.3 Å². The van der Waals surface area contributed by atoms with Crippen LogP contribution in [-0.4, -0.2) is 48.3 Å². The van der Waals surface area contributed by atoms with Crippen molar-refractivity contribution in [2.24, 2.45) is 5.73 Å². The van der Waals surface area contributed by atoms with E-state index < -0.39 is 23.2 Å². The largest absolute Gasteiger partial charge is 0.489 e. The molecule has 2 saturated heterocycles. The monoisotopic (exact) mass is 532 g/mol. The number of amides is 1. The normalized spacial score (nSPS) is 26.1. The van der Waals surface area contributed by atoms with E-state index in [9.17, 15) is 18.0 Å². The van der Waals surface area contributed by atoms with Crippen LogP contribution >= 0.6 is 24.0 Å². The zero-order chi connectivity index (χ0) is 24.5. The number of nitrogens with two attached hydrogens (primary N) is 1. The van der Waals surface area contributed by atoms with E-state index in [4.69, 9.17) is 26.8 Å². The number of nitrogens with zero attached hydrogens (tertiary/aromatic N) is 1. The van der Waals surface area contributed by atoms with Crippen LogP contribution in [0.2, 0.25) is 5.02 Å². The number of likely N-dealkylation sites (tertiary alicyclic amines) is 1. The average molecular weight is 533 g/mol. The molecule has 2 heterocycles. The Kier molecular flexibility index (Phi) is 8.63. The molecule has 2 aromatic rings. The fourth-order valence-electron chi connectivity index (χ4n) is 5.06. The summed E-state index contributed by atoms with van der Waals surface area (Å²) in [7, 11) is 0. The third kappa shape index (κ3) is 5.88. The van der Waals surface area contributed by atoms with E-state index >= 15 is 0 Å². The maximum absolute atomic E-state index is 13.0. The number of carbonyl (C=O) groups is 1. The topological polar surface area (TPSA) is 64.8 Å². The first kappa shape index (κ1) is 27.6. The number of carbonyl (C=O) groups excluding carboxylic acids is 1. The van der Waals surface area contributed by atoms with Crippen molar-refractivity contribution in [2.75, 3.05) is 19.7 Å². The van der Waals surface area contributed by atoms with Gasteiger partial charge in [0.25, 0.3) is 0 Å². The van der Waals surface area contributed by atoms with Crippen LogP contribution < -0.4 is 10.5 Å². The van der Waals surface area contributed by atoms with Gasteiger partial charge in [-0.2, -0.15) is 13.2 Å². The van der Waals surface area contributed by atoms with Crippen LogP contribution in [-0.2, 0) is 15.7 Å². The predicted octanol–water partition coefficient (Wildman–Crippen LogP) is 5.44. The number of benzene rings is 2. The average Bonchev–Trinajstić information content (AvgIpc) is 3.27. The SMILES string of the molecule is C[C@@H](c1ccccc1Cl)C1CC(C(N)=O)(N2CCC(Oc3cccc(C(F)(F)F)c3)C2)CCO1.Cl. The smallest absolute Gasteiger partial charge is 0.416 e. The summed E-state index contributed by atoms with van der Waals surface area (Å²) < 4.78 is 51.0. The van der Waals surface area contributed by atoms with Gasteiger partial charge < -0.3 is 15.2 Å². The van der Waals surface area contributed by atoms with Crippen molar-refractivity contribution < 1.29 is 27.4 Å². The Morgan fingerprint density at radius 3 is 2.69 bits per heavy atom. The second-order valence-corrected chi connectivity index (χ2v) is 9.48. The van der Waals surface area contributed by atoms with Crippen LogP contribution in [0.15, 0.2) is 48.5 Å². The molecule has 2 aromatic carbocycles. The summed E-state index contributed by atoms with van der Waals surface area (Å²) in [4.78, 5) is 14.8. The van der Waals surface area contributed by atoms with E-state index in [0.29, 0.717) is 44.0 Å². The molecule has 4 atom stereocenters. The number of ether oxygens (including phenoxy) is 2. The summed E-state index contributed by atoms with van der Waals surface area (Å²) in [6, 6.07) is 12.4. The third-order valence-corrected chi connectivity index (χ3v) is 7.36. The second kappa shape index (κ2) is 10.9. The van der Waals surface area contributed by atoms with Crippen molar-refractivity contribution in [3.05, 3.63) is 64.7 Å². The first-order valence-corrected chi connectivity index (χ1v) is 11.7. The van der Waals surface area contributed by atoms with Crippen molar-refractivity contribution in [1.29, 1.82) is 0 Å². The van der Waals surface area contributed by atoms with Gasteiger partial charge in [-0.1, -0.05) is 42.8 Å². The molecule has 192 valence electrons. The molecular weight excluding hydrogens is 504 g/mol. The molecule has 1 amide bonds. The minimum absolute atomic E-state index is 0. The standard InChI is InChI=1S/C25H28ClF3N2O3.ClH/c1-16(20-7-2-3-8-21(20)26)22-14-24(23(30)32,10-12-33-22)31-11-9-19(15-31)34-18-6-4-5-17(13-18)25(27,28)29;/h2-8,13,16,19,22H,9-12,14-15H2,1H3,(H2,30,32);1H/t16-,19?,22?,24?;/m0./s1. The van der Waals surface area contributed by atoms with Crippen molar-refractivity contribution in [3.63, 3.8) is 0 Å². The molecule has 4 rings (SSSR count). The molecular formula is C25H29Cl2F3N2O3. The molecule has 0 saturated carbocycles. The van der Waals surface area contributed by atoms with E-state index in [1.165, 1.54) is 12.1 Å². The number of hydrogen-bond donors (Lipinski definition) is 1. The van der Waals surface area contributed by atoms with Gasteiger partial charge in [-0.3, -0.25) is 9.69 Å². The number of hydrogen-bond acceptors (Lipinski definition) is 4. The second-order valence-electron chi connectivity index (χ2n) is 9.07. The van der Waals surface area contributed by atoms with Crippen LogP contribution in [0.3, 0.4) is 0 Å². The van der Waals surface area contributed by atoms with Gasteiger partial charge in [0.1, 0.15) is 17.4 Å². The molecule has 2 aliphatic rings. The fraction of sp³-hybridized carbons (Fsp3) is 0.480. The van der Waals surface area contributed by atoms with Crippen molar-refractivity contribution >= 4 is 29.9 Å². The Hall–Kier alpha value is -2.00. The Balaban J connectivity index is 0.00000342. The molecule has 0 radical (unpaired) electrons. The molecule has 2 aliphatic heterocycles. The molecule has 0 spiro atoms. The van der Waals surface area contributed by atoms with Crippen LogP contribution in [0.1, 0.15) is 43.2 Å². The van der Waals surface area contributed by atoms with E-state index in [0.717, 1.165) is 17.7 Å². The van der Waals surface area contributed by atoms with Crippen LogP contribution in [0.4, 0.5) is 13.2 Å². The Morgan fingerprint density at radius 2 is 2.00 bits per heavy atom. The maximum Gasteiger partial charge on any atom is 0.416 e. The minimum atomic E-state index is -4.44. The molecule has 0 aromatic heterocycles. The highest BCUT2D eigenvalue weighted by atomic mass is 35.5. The molecule has 3 unspecified atom stereocenters. The third-order valence-electron chi connectivity index (χ3n) is 7.01. The summed E-state index contributed by atoms with van der Waals surface area (Å²) in [5.41, 5.74) is 5.23. The molecule has 10 heteroatoms. The molecule has 0 bridgehead atoms. The molecule has 5 nitrogen and oxygen atoms in total. The fourth-order valence-corrected chi connectivity index (χ4v) is 5.36.